The van der Waals surface area contributed by atoms with Crippen LogP contribution in [0.25, 0.3) is 32.4 Å². The molecule has 2 aliphatic rings. The number of hydrogen-bond acceptors (Lipinski definition) is 9. The number of pyridine rings is 1. The van der Waals surface area contributed by atoms with Gasteiger partial charge in [-0.3, -0.25) is 9.48 Å². The third-order valence-corrected chi connectivity index (χ3v) is 11.4. The van der Waals surface area contributed by atoms with Crippen LogP contribution in [0.4, 0.5) is 37.3 Å². The zero-order valence-electron chi connectivity index (χ0n) is 29.2. The molecule has 11 nitrogen and oxygen atoms in total. The zero-order chi connectivity index (χ0) is 39.5. The predicted octanol–water partition coefficient (Wildman–Crippen LogP) is 7.34. The molecule has 19 heteroatoms. The number of nitrogens with two attached hydrogens (primary N) is 2. The van der Waals surface area contributed by atoms with Crippen LogP contribution in [0.3, 0.4) is 0 Å². The molecule has 4 heterocycles. The first-order valence-corrected chi connectivity index (χ1v) is 18.2. The second-order valence-electron chi connectivity index (χ2n) is 14.7. The van der Waals surface area contributed by atoms with Gasteiger partial charge in [-0.05, 0) is 62.4 Å². The highest BCUT2D eigenvalue weighted by atomic mass is 35.5. The number of primary amides is 1. The number of amides is 1. The molecule has 6 aromatic rings. The van der Waals surface area contributed by atoms with E-state index in [1.54, 1.807) is 39.1 Å². The molecule has 55 heavy (non-hydrogen) atoms. The largest absolute Gasteiger partial charge is 0.389 e. The lowest BCUT2D eigenvalue weighted by atomic mass is 9.84. The summed E-state index contributed by atoms with van der Waals surface area (Å²) in [6.07, 6.45) is -3.75. The Morgan fingerprint density at radius 2 is 1.82 bits per heavy atom. The number of thiazole rings is 1. The van der Waals surface area contributed by atoms with Gasteiger partial charge >= 0.3 is 0 Å². The maximum atomic E-state index is 16.1. The number of nitrogen functional groups attached to an aromatic ring is 1. The van der Waals surface area contributed by atoms with Crippen LogP contribution < -0.4 is 16.8 Å². The third-order valence-electron chi connectivity index (χ3n) is 10.1. The first kappa shape index (κ1) is 37.0. The molecule has 1 amide bonds. The number of hydrogen-bond donors (Lipinski definition) is 4. The minimum atomic E-state index is -3.64. The summed E-state index contributed by atoms with van der Waals surface area (Å²) in [5.74, 6) is -10.4. The van der Waals surface area contributed by atoms with Crippen molar-refractivity contribution in [3.8, 4) is 11.1 Å². The first-order chi connectivity index (χ1) is 25.8. The van der Waals surface area contributed by atoms with E-state index >= 15 is 8.78 Å². The number of alkyl halides is 4. The van der Waals surface area contributed by atoms with Crippen LogP contribution >= 0.6 is 22.9 Å². The number of nitrogens with zero attached hydrogens (tertiary/aromatic N) is 6. The lowest BCUT2D eigenvalue weighted by Gasteiger charge is -2.29. The number of carbonyl (C=O) groups is 1. The number of rotatable bonds is 11. The summed E-state index contributed by atoms with van der Waals surface area (Å²) in [6.45, 7) is 3.29. The van der Waals surface area contributed by atoms with Crippen molar-refractivity contribution in [1.29, 1.82) is 0 Å². The van der Waals surface area contributed by atoms with E-state index in [0.29, 0.717) is 37.0 Å². The second-order valence-corrected chi connectivity index (χ2v) is 16.1. The summed E-state index contributed by atoms with van der Waals surface area (Å²) < 4.78 is 93.2. The Balaban J connectivity index is 1.43. The topological polar surface area (TPSA) is 163 Å². The van der Waals surface area contributed by atoms with Gasteiger partial charge < -0.3 is 21.9 Å². The van der Waals surface area contributed by atoms with Gasteiger partial charge in [0, 0.05) is 48.2 Å². The van der Waals surface area contributed by atoms with Crippen LogP contribution in [0, 0.1) is 17.6 Å². The smallest absolute Gasteiger partial charge is 0.293 e. The summed E-state index contributed by atoms with van der Waals surface area (Å²) in [4.78, 5) is 23.2. The van der Waals surface area contributed by atoms with Gasteiger partial charge in [0.05, 0.1) is 31.9 Å². The van der Waals surface area contributed by atoms with Crippen molar-refractivity contribution >= 4 is 61.0 Å². The Kier molecular flexibility index (Phi) is 8.62. The number of benzene rings is 2. The van der Waals surface area contributed by atoms with E-state index in [9.17, 15) is 27.5 Å². The number of fused-ring (bicyclic) bond motifs is 5. The first-order valence-electron chi connectivity index (χ1n) is 17.1. The highest BCUT2D eigenvalue weighted by Crippen LogP contribution is 2.68. The van der Waals surface area contributed by atoms with Crippen LogP contribution in [0.15, 0.2) is 36.4 Å². The number of carbonyl (C=O) groups excluding carboxylic acids is 1. The number of halogens is 7. The Labute approximate surface area is 317 Å². The molecule has 0 saturated heterocycles. The van der Waals surface area contributed by atoms with Crippen LogP contribution in [-0.2, 0) is 24.2 Å². The van der Waals surface area contributed by atoms with Crippen LogP contribution in [0.2, 0.25) is 5.02 Å². The highest BCUT2D eigenvalue weighted by Gasteiger charge is 2.67. The van der Waals surface area contributed by atoms with Gasteiger partial charge in [0.2, 0.25) is 5.91 Å². The number of aromatic nitrogens is 6. The maximum absolute atomic E-state index is 16.1. The molecule has 2 aliphatic carbocycles. The molecule has 2 aromatic carbocycles. The van der Waals surface area contributed by atoms with Crippen LogP contribution in [0.5, 0.6) is 0 Å². The van der Waals surface area contributed by atoms with Gasteiger partial charge in [0.25, 0.3) is 12.3 Å². The Morgan fingerprint density at radius 1 is 1.11 bits per heavy atom. The summed E-state index contributed by atoms with van der Waals surface area (Å²) in [6, 6.07) is 5.55. The van der Waals surface area contributed by atoms with Gasteiger partial charge in [-0.25, -0.2) is 32.2 Å². The van der Waals surface area contributed by atoms with Gasteiger partial charge in [-0.15, -0.1) is 0 Å². The minimum Gasteiger partial charge on any atom is -0.389 e. The molecule has 0 bridgehead atoms. The Hall–Kier alpha value is -4.94. The molecular formula is C36H32ClF6N9O2S. The van der Waals surface area contributed by atoms with Crippen LogP contribution in [-0.4, -0.2) is 52.7 Å². The van der Waals surface area contributed by atoms with E-state index in [0.717, 1.165) is 12.1 Å². The highest BCUT2D eigenvalue weighted by molar-refractivity contribution is 7.22. The van der Waals surface area contributed by atoms with Gasteiger partial charge in [-0.1, -0.05) is 29.0 Å². The van der Waals surface area contributed by atoms with Crippen molar-refractivity contribution in [1.82, 2.24) is 29.5 Å². The average Bonchev–Trinajstić information content (AvgIpc) is 3.36. The number of nitrogens with one attached hydrogen (secondary N) is 1. The monoisotopic (exact) mass is 803 g/mol. The summed E-state index contributed by atoms with van der Waals surface area (Å²) >= 11 is 7.75. The maximum Gasteiger partial charge on any atom is 0.293 e. The molecule has 288 valence electrons. The van der Waals surface area contributed by atoms with Crippen molar-refractivity contribution in [3.63, 3.8) is 0 Å². The lowest BCUT2D eigenvalue weighted by molar-refractivity contribution is -0.122. The van der Waals surface area contributed by atoms with Gasteiger partial charge in [0.1, 0.15) is 29.1 Å². The standard InChI is InChI=1S/C36H32ClF6N9O2S/c1-35(2,54)12-46-34-48-33-22(55-34)11-17(16-4-5-21(37)24-27(16)51(3)50-31(24)44)25(47-33)19(8-13-6-14(38)9-15(39)7-13)28(32(45)53)52-29-23(26(49-52)30(40)41)18-10-20(18)36(29,42)43/h4-7,9,11,18-20,28,30,54H,8,10,12H2,1-3H3,(H2,44,50)(H2,45,53)(H,46,47,48)/t18-,19+,20+,28?/m0/s1. The van der Waals surface area contributed by atoms with Crippen molar-refractivity contribution in [2.75, 3.05) is 17.6 Å². The average molecular weight is 804 g/mol. The zero-order valence-corrected chi connectivity index (χ0v) is 30.8. The predicted molar refractivity (Wildman–Crippen MR) is 194 cm³/mol. The van der Waals surface area contributed by atoms with Gasteiger partial charge in [0.15, 0.2) is 16.6 Å². The molecule has 4 aromatic heterocycles. The molecule has 0 radical (unpaired) electrons. The normalized spacial score (nSPS) is 18.5. The fourth-order valence-electron chi connectivity index (χ4n) is 7.81. The van der Waals surface area contributed by atoms with E-state index in [1.165, 1.54) is 16.0 Å². The lowest BCUT2D eigenvalue weighted by Crippen LogP contribution is -2.37. The van der Waals surface area contributed by atoms with E-state index in [-0.39, 0.29) is 51.8 Å². The summed E-state index contributed by atoms with van der Waals surface area (Å²) in [7, 11) is 1.61. The molecule has 1 fully saturated rings. The Morgan fingerprint density at radius 3 is 2.47 bits per heavy atom. The fourth-order valence-corrected chi connectivity index (χ4v) is 8.91. The van der Waals surface area contributed by atoms with Crippen molar-refractivity contribution in [2.24, 2.45) is 18.7 Å². The number of aliphatic hydroxyl groups is 1. The molecule has 4 atom stereocenters. The Bertz CT molecular complexity index is 2530. The van der Waals surface area contributed by atoms with E-state index in [1.807, 2.05) is 0 Å². The molecule has 6 N–H and O–H groups in total. The van der Waals surface area contributed by atoms with E-state index in [2.05, 4.69) is 20.5 Å². The third kappa shape index (κ3) is 6.23. The van der Waals surface area contributed by atoms with Crippen LogP contribution in [0.1, 0.15) is 72.8 Å². The van der Waals surface area contributed by atoms with E-state index < -0.39 is 77.1 Å². The molecular weight excluding hydrogens is 772 g/mol. The summed E-state index contributed by atoms with van der Waals surface area (Å²) in [5.41, 5.74) is 10.3. The second kappa shape index (κ2) is 12.8. The number of anilines is 2. The molecule has 1 unspecified atom stereocenters. The molecule has 1 saturated carbocycles. The quantitative estimate of drug-likeness (QED) is 0.0990. The molecule has 0 spiro atoms. The summed E-state index contributed by atoms with van der Waals surface area (Å²) in [5, 5.41) is 22.6. The fraction of sp³-hybridized carbons (Fsp3) is 0.361. The number of aryl methyl sites for hydroxylation is 1. The van der Waals surface area contributed by atoms with Gasteiger partial charge in [-0.2, -0.15) is 19.0 Å². The molecule has 0 aliphatic heterocycles. The van der Waals surface area contributed by atoms with E-state index in [4.69, 9.17) is 28.1 Å². The van der Waals surface area contributed by atoms with Crippen molar-refractivity contribution < 1.29 is 36.2 Å². The molecule has 8 rings (SSSR count). The minimum absolute atomic E-state index is 0.0157. The van der Waals surface area contributed by atoms with Crippen molar-refractivity contribution in [3.05, 3.63) is 81.3 Å². The van der Waals surface area contributed by atoms with Crippen molar-refractivity contribution in [2.45, 2.75) is 62.5 Å². The SMILES string of the molecule is Cn1nc(N)c2c(Cl)ccc(-c3cc4sc(NCC(C)(C)O)nc4nc3[C@@H](Cc3cc(F)cc(F)c3)C(C(N)=O)n3nc(C(F)F)c4c3C(F)(F)[C@@H]3C[C@H]43)c21.